The van der Waals surface area contributed by atoms with Crippen molar-refractivity contribution >= 4 is 23.7 Å². The second kappa shape index (κ2) is 4.04. The van der Waals surface area contributed by atoms with E-state index in [1.807, 2.05) is 13.8 Å². The monoisotopic (exact) mass is 228 g/mol. The molecular weight excluding hydrogens is 212 g/mol. The van der Waals surface area contributed by atoms with Crippen molar-refractivity contribution in [2.75, 3.05) is 11.5 Å². The predicted molar refractivity (Wildman–Crippen MR) is 60.0 cm³/mol. The number of rotatable bonds is 2. The van der Waals surface area contributed by atoms with Crippen molar-refractivity contribution in [3.8, 4) is 0 Å². The minimum atomic E-state index is 0.0324. The van der Waals surface area contributed by atoms with E-state index in [2.05, 4.69) is 0 Å². The van der Waals surface area contributed by atoms with Gasteiger partial charge in [-0.25, -0.2) is 0 Å². The van der Waals surface area contributed by atoms with E-state index in [1.165, 1.54) is 0 Å². The van der Waals surface area contributed by atoms with Gasteiger partial charge < -0.3 is 4.74 Å². The molecule has 0 bridgehead atoms. The largest absolute Gasteiger partial charge is 0.459 e. The van der Waals surface area contributed by atoms with Crippen molar-refractivity contribution in [3.63, 3.8) is 0 Å². The van der Waals surface area contributed by atoms with Gasteiger partial charge in [0.2, 0.25) is 5.91 Å². The zero-order valence-electron chi connectivity index (χ0n) is 9.03. The maximum absolute atomic E-state index is 11.9. The van der Waals surface area contributed by atoms with Crippen molar-refractivity contribution in [1.82, 2.24) is 4.90 Å². The molecule has 2 atom stereocenters. The van der Waals surface area contributed by atoms with E-state index in [0.717, 1.165) is 11.5 Å². The molecule has 0 aromatic rings. The summed E-state index contributed by atoms with van der Waals surface area (Å²) < 4.78 is 5.37. The maximum Gasteiger partial charge on any atom is 0.292 e. The summed E-state index contributed by atoms with van der Waals surface area (Å²) in [6.07, 6.45) is 0.554. The van der Waals surface area contributed by atoms with Crippen LogP contribution in [0.1, 0.15) is 20.3 Å². The number of hydrogen-bond acceptors (Lipinski definition) is 4. The summed E-state index contributed by atoms with van der Waals surface area (Å²) >= 11 is 1.79. The fourth-order valence-corrected chi connectivity index (χ4v) is 3.24. The average molecular weight is 228 g/mol. The lowest BCUT2D eigenvalue weighted by atomic mass is 10.1. The third-order valence-corrected chi connectivity index (χ3v) is 3.81. The van der Waals surface area contributed by atoms with Crippen LogP contribution in [-0.2, 0) is 9.53 Å². The summed E-state index contributed by atoms with van der Waals surface area (Å²) in [6, 6.07) is 0.157. The van der Waals surface area contributed by atoms with Crippen LogP contribution in [0.15, 0.2) is 0 Å². The topological polar surface area (TPSA) is 53.4 Å². The Balaban J connectivity index is 2.07. The highest BCUT2D eigenvalue weighted by atomic mass is 32.2. The number of amidine groups is 1. The van der Waals surface area contributed by atoms with E-state index < -0.39 is 0 Å². The first-order valence-corrected chi connectivity index (χ1v) is 6.40. The van der Waals surface area contributed by atoms with Gasteiger partial charge in [-0.15, -0.1) is 0 Å². The van der Waals surface area contributed by atoms with Crippen LogP contribution < -0.4 is 0 Å². The molecule has 2 heterocycles. The highest BCUT2D eigenvalue weighted by Gasteiger charge is 2.45. The van der Waals surface area contributed by atoms with Crippen LogP contribution in [0.5, 0.6) is 0 Å². The molecule has 84 valence electrons. The van der Waals surface area contributed by atoms with Crippen LogP contribution in [0, 0.1) is 11.3 Å². The molecular formula is C10H16N2O2S. The first kappa shape index (κ1) is 10.8. The molecule has 2 fully saturated rings. The van der Waals surface area contributed by atoms with Crippen LogP contribution in [0.4, 0.5) is 0 Å². The van der Waals surface area contributed by atoms with Gasteiger partial charge in [0, 0.05) is 17.9 Å². The number of amides is 1. The van der Waals surface area contributed by atoms with E-state index >= 15 is 0 Å². The zero-order valence-corrected chi connectivity index (χ0v) is 9.84. The highest BCUT2D eigenvalue weighted by Crippen LogP contribution is 2.31. The third-order valence-electron chi connectivity index (χ3n) is 2.66. The minimum Gasteiger partial charge on any atom is -0.459 e. The molecule has 2 aliphatic rings. The van der Waals surface area contributed by atoms with Crippen LogP contribution >= 0.6 is 11.8 Å². The van der Waals surface area contributed by atoms with Gasteiger partial charge >= 0.3 is 0 Å². The molecule has 5 heteroatoms. The van der Waals surface area contributed by atoms with Crippen LogP contribution in [0.2, 0.25) is 0 Å². The lowest BCUT2D eigenvalue weighted by molar-refractivity contribution is -0.129. The van der Waals surface area contributed by atoms with Crippen molar-refractivity contribution in [1.29, 1.82) is 5.41 Å². The molecule has 1 amide bonds. The summed E-state index contributed by atoms with van der Waals surface area (Å²) in [5, 5.41) is 7.65. The Kier molecular flexibility index (Phi) is 2.91. The van der Waals surface area contributed by atoms with E-state index in [-0.39, 0.29) is 24.1 Å². The number of carbonyl (C=O) groups excluding carboxylic acids is 1. The Morgan fingerprint density at radius 3 is 3.07 bits per heavy atom. The van der Waals surface area contributed by atoms with Crippen LogP contribution in [0.3, 0.4) is 0 Å². The standard InChI is InChI=1S/C10H16N2O2S/c1-6(2)3-9(13)12-7-4-15-5-8(7)14-10(12)11/h6-8,11H,3-5H2,1-2H3/t7-,8+/m1/s1. The number of ether oxygens (including phenoxy) is 1. The molecule has 15 heavy (non-hydrogen) atoms. The fraction of sp³-hybridized carbons (Fsp3) is 0.800. The number of carbonyl (C=O) groups is 1. The van der Waals surface area contributed by atoms with Gasteiger partial charge in [0.25, 0.3) is 6.02 Å². The lowest BCUT2D eigenvalue weighted by Gasteiger charge is -2.20. The second-order valence-corrected chi connectivity index (χ2v) is 5.50. The Hall–Kier alpha value is -0.710. The van der Waals surface area contributed by atoms with Crippen molar-refractivity contribution < 1.29 is 9.53 Å². The summed E-state index contributed by atoms with van der Waals surface area (Å²) in [4.78, 5) is 13.5. The van der Waals surface area contributed by atoms with Crippen molar-refractivity contribution in [2.24, 2.45) is 5.92 Å². The molecule has 2 aliphatic heterocycles. The van der Waals surface area contributed by atoms with Crippen molar-refractivity contribution in [2.45, 2.75) is 32.4 Å². The molecule has 0 aromatic carbocycles. The molecule has 2 rings (SSSR count). The van der Waals surface area contributed by atoms with Crippen molar-refractivity contribution in [3.05, 3.63) is 0 Å². The summed E-state index contributed by atoms with van der Waals surface area (Å²) in [7, 11) is 0. The van der Waals surface area contributed by atoms with Crippen LogP contribution in [0.25, 0.3) is 0 Å². The van der Waals surface area contributed by atoms with Gasteiger partial charge in [0.05, 0.1) is 6.04 Å². The average Bonchev–Trinajstić information content (AvgIpc) is 2.60. The van der Waals surface area contributed by atoms with Gasteiger partial charge in [0.15, 0.2) is 0 Å². The first-order valence-electron chi connectivity index (χ1n) is 5.24. The number of hydrogen-bond donors (Lipinski definition) is 1. The second-order valence-electron chi connectivity index (χ2n) is 4.43. The minimum absolute atomic E-state index is 0.0324. The molecule has 0 aromatic heterocycles. The SMILES string of the molecule is CC(C)CC(=O)N1C(=N)O[C@H]2CSC[C@H]21. The molecule has 0 unspecified atom stereocenters. The van der Waals surface area contributed by atoms with E-state index in [1.54, 1.807) is 16.7 Å². The number of thioether (sulfide) groups is 1. The summed E-state index contributed by atoms with van der Waals surface area (Å²) in [5.41, 5.74) is 0. The van der Waals surface area contributed by atoms with Gasteiger partial charge in [-0.3, -0.25) is 15.1 Å². The Labute approximate surface area is 93.9 Å². The van der Waals surface area contributed by atoms with Gasteiger partial charge in [0.1, 0.15) is 6.10 Å². The quantitative estimate of drug-likeness (QED) is 0.775. The predicted octanol–water partition coefficient (Wildman–Crippen LogP) is 1.31. The molecule has 0 saturated carbocycles. The third kappa shape index (κ3) is 1.97. The normalized spacial score (nSPS) is 29.5. The number of nitrogens with one attached hydrogen (secondary N) is 1. The lowest BCUT2D eigenvalue weighted by Crippen LogP contribution is -2.41. The Bertz CT molecular complexity index is 293. The maximum atomic E-state index is 11.9. The highest BCUT2D eigenvalue weighted by molar-refractivity contribution is 7.99. The van der Waals surface area contributed by atoms with E-state index in [4.69, 9.17) is 10.1 Å². The number of fused-ring (bicyclic) bond motifs is 1. The zero-order chi connectivity index (χ0) is 11.0. The van der Waals surface area contributed by atoms with Gasteiger partial charge in [-0.05, 0) is 5.92 Å². The van der Waals surface area contributed by atoms with Gasteiger partial charge in [-0.2, -0.15) is 11.8 Å². The molecule has 0 aliphatic carbocycles. The smallest absolute Gasteiger partial charge is 0.292 e. The Morgan fingerprint density at radius 1 is 1.67 bits per heavy atom. The fourth-order valence-electron chi connectivity index (χ4n) is 1.97. The Morgan fingerprint density at radius 2 is 2.40 bits per heavy atom. The van der Waals surface area contributed by atoms with Crippen LogP contribution in [-0.4, -0.2) is 40.5 Å². The molecule has 0 radical (unpaired) electrons. The first-order chi connectivity index (χ1) is 7.09. The molecule has 0 spiro atoms. The number of nitrogens with zero attached hydrogens (tertiary/aromatic N) is 1. The molecule has 4 nitrogen and oxygen atoms in total. The van der Waals surface area contributed by atoms with Gasteiger partial charge in [-0.1, -0.05) is 13.8 Å². The summed E-state index contributed by atoms with van der Waals surface area (Å²) in [6.45, 7) is 4.03. The molecule has 2 saturated heterocycles. The summed E-state index contributed by atoms with van der Waals surface area (Å²) in [5.74, 6) is 2.17. The van der Waals surface area contributed by atoms with E-state index in [0.29, 0.717) is 12.3 Å². The van der Waals surface area contributed by atoms with E-state index in [9.17, 15) is 4.79 Å². The molecule has 1 N–H and O–H groups in total.